The second-order valence-corrected chi connectivity index (χ2v) is 3.06. The van der Waals surface area contributed by atoms with E-state index < -0.39 is 17.8 Å². The first-order valence-electron chi connectivity index (χ1n) is 3.39. The van der Waals surface area contributed by atoms with Crippen LogP contribution >= 0.6 is 15.9 Å². The van der Waals surface area contributed by atoms with Gasteiger partial charge in [0, 0.05) is 6.54 Å². The van der Waals surface area contributed by atoms with Crippen LogP contribution in [0.1, 0.15) is 17.7 Å². The van der Waals surface area contributed by atoms with Crippen LogP contribution in [0.4, 0.5) is 13.2 Å². The largest absolute Gasteiger partial charge is 0.325 e. The highest BCUT2D eigenvalue weighted by Crippen LogP contribution is 2.26. The standard InChI is InChI=1S/C7H6BrF3N2/c8-6-5(9)4(7(10)11)1-3(2-12)13-6/h1,7H,2,12H2. The van der Waals surface area contributed by atoms with Crippen molar-refractivity contribution in [3.8, 4) is 0 Å². The normalized spacial score (nSPS) is 10.9. The van der Waals surface area contributed by atoms with Gasteiger partial charge in [0.25, 0.3) is 6.43 Å². The number of hydrogen-bond acceptors (Lipinski definition) is 2. The number of nitrogens with two attached hydrogens (primary N) is 1. The molecule has 0 unspecified atom stereocenters. The highest BCUT2D eigenvalue weighted by atomic mass is 79.9. The Morgan fingerprint density at radius 2 is 2.15 bits per heavy atom. The first kappa shape index (κ1) is 10.5. The molecule has 1 aromatic heterocycles. The van der Waals surface area contributed by atoms with E-state index in [1.54, 1.807) is 0 Å². The number of rotatable bonds is 2. The zero-order chi connectivity index (χ0) is 10.0. The number of aromatic nitrogens is 1. The molecule has 0 spiro atoms. The van der Waals surface area contributed by atoms with E-state index in [1.807, 2.05) is 0 Å². The van der Waals surface area contributed by atoms with Crippen molar-refractivity contribution in [3.05, 3.63) is 27.7 Å². The van der Waals surface area contributed by atoms with Crippen molar-refractivity contribution in [2.75, 3.05) is 0 Å². The summed E-state index contributed by atoms with van der Waals surface area (Å²) in [6, 6.07) is 0.963. The summed E-state index contributed by atoms with van der Waals surface area (Å²) in [5.41, 5.74) is 4.73. The molecule has 0 aliphatic heterocycles. The second-order valence-electron chi connectivity index (χ2n) is 2.31. The summed E-state index contributed by atoms with van der Waals surface area (Å²) in [4.78, 5) is 3.62. The molecule has 2 N–H and O–H groups in total. The topological polar surface area (TPSA) is 38.9 Å². The minimum Gasteiger partial charge on any atom is -0.325 e. The van der Waals surface area contributed by atoms with Gasteiger partial charge in [-0.05, 0) is 22.0 Å². The predicted molar refractivity (Wildman–Crippen MR) is 44.7 cm³/mol. The third-order valence-electron chi connectivity index (χ3n) is 1.44. The van der Waals surface area contributed by atoms with Crippen molar-refractivity contribution in [1.29, 1.82) is 0 Å². The maximum atomic E-state index is 12.9. The van der Waals surface area contributed by atoms with Gasteiger partial charge in [-0.2, -0.15) is 0 Å². The highest BCUT2D eigenvalue weighted by molar-refractivity contribution is 9.10. The van der Waals surface area contributed by atoms with E-state index in [2.05, 4.69) is 20.9 Å². The lowest BCUT2D eigenvalue weighted by atomic mass is 10.2. The van der Waals surface area contributed by atoms with Crippen molar-refractivity contribution in [2.24, 2.45) is 5.73 Å². The lowest BCUT2D eigenvalue weighted by Crippen LogP contribution is -2.04. The molecule has 0 saturated heterocycles. The average Bonchev–Trinajstić information content (AvgIpc) is 2.09. The molecule has 13 heavy (non-hydrogen) atoms. The van der Waals surface area contributed by atoms with Gasteiger partial charge in [0.1, 0.15) is 4.60 Å². The molecule has 6 heteroatoms. The molecule has 0 aliphatic rings. The quantitative estimate of drug-likeness (QED) is 0.824. The molecule has 1 rings (SSSR count). The second kappa shape index (κ2) is 4.06. The third kappa shape index (κ3) is 2.19. The van der Waals surface area contributed by atoms with Crippen LogP contribution in [0.25, 0.3) is 0 Å². The maximum absolute atomic E-state index is 12.9. The van der Waals surface area contributed by atoms with Crippen molar-refractivity contribution in [2.45, 2.75) is 13.0 Å². The molecule has 0 saturated carbocycles. The van der Waals surface area contributed by atoms with Crippen LogP contribution < -0.4 is 5.73 Å². The minimum absolute atomic E-state index is 0.00139. The zero-order valence-electron chi connectivity index (χ0n) is 6.40. The Morgan fingerprint density at radius 3 is 2.62 bits per heavy atom. The molecule has 1 heterocycles. The number of pyridine rings is 1. The van der Waals surface area contributed by atoms with Crippen LogP contribution in [-0.2, 0) is 6.54 Å². The molecular formula is C7H6BrF3N2. The van der Waals surface area contributed by atoms with E-state index in [-0.39, 0.29) is 16.8 Å². The molecule has 0 radical (unpaired) electrons. The zero-order valence-corrected chi connectivity index (χ0v) is 7.98. The average molecular weight is 255 g/mol. The van der Waals surface area contributed by atoms with E-state index in [0.717, 1.165) is 6.07 Å². The summed E-state index contributed by atoms with van der Waals surface area (Å²) in [6.45, 7) is -0.00139. The van der Waals surface area contributed by atoms with E-state index >= 15 is 0 Å². The molecular weight excluding hydrogens is 249 g/mol. The van der Waals surface area contributed by atoms with Gasteiger partial charge < -0.3 is 5.73 Å². The van der Waals surface area contributed by atoms with E-state index in [4.69, 9.17) is 5.73 Å². The fraction of sp³-hybridized carbons (Fsp3) is 0.286. The minimum atomic E-state index is -2.86. The van der Waals surface area contributed by atoms with Gasteiger partial charge >= 0.3 is 0 Å². The molecule has 0 aromatic carbocycles. The van der Waals surface area contributed by atoms with E-state index in [9.17, 15) is 13.2 Å². The first-order valence-corrected chi connectivity index (χ1v) is 4.18. The van der Waals surface area contributed by atoms with Crippen molar-refractivity contribution < 1.29 is 13.2 Å². The van der Waals surface area contributed by atoms with Crippen LogP contribution in [0.5, 0.6) is 0 Å². The molecule has 0 aliphatic carbocycles. The Morgan fingerprint density at radius 1 is 1.54 bits per heavy atom. The van der Waals surface area contributed by atoms with Crippen molar-refractivity contribution in [3.63, 3.8) is 0 Å². The van der Waals surface area contributed by atoms with Gasteiger partial charge in [-0.3, -0.25) is 0 Å². The molecule has 72 valence electrons. The van der Waals surface area contributed by atoms with Crippen LogP contribution in [0.3, 0.4) is 0 Å². The summed E-state index contributed by atoms with van der Waals surface area (Å²) in [5, 5.41) is 0. The summed E-state index contributed by atoms with van der Waals surface area (Å²) < 4.78 is 37.1. The molecule has 0 bridgehead atoms. The molecule has 0 amide bonds. The monoisotopic (exact) mass is 254 g/mol. The van der Waals surface area contributed by atoms with Crippen LogP contribution in [0.15, 0.2) is 10.7 Å². The first-order chi connectivity index (χ1) is 6.06. The molecule has 1 aromatic rings. The lowest BCUT2D eigenvalue weighted by Gasteiger charge is -2.05. The van der Waals surface area contributed by atoms with Gasteiger partial charge in [-0.15, -0.1) is 0 Å². The Kier molecular flexibility index (Phi) is 3.27. The number of hydrogen-bond donors (Lipinski definition) is 1. The number of halogens is 4. The van der Waals surface area contributed by atoms with Gasteiger partial charge in [0.05, 0.1) is 11.3 Å². The Labute approximate surface area is 81.1 Å². The van der Waals surface area contributed by atoms with Gasteiger partial charge in [0.15, 0.2) is 5.82 Å². The van der Waals surface area contributed by atoms with E-state index in [1.165, 1.54) is 0 Å². The van der Waals surface area contributed by atoms with E-state index in [0.29, 0.717) is 0 Å². The van der Waals surface area contributed by atoms with Crippen LogP contribution in [0.2, 0.25) is 0 Å². The fourth-order valence-electron chi connectivity index (χ4n) is 0.833. The summed E-state index contributed by atoms with van der Waals surface area (Å²) in [5.74, 6) is -1.03. The summed E-state index contributed by atoms with van der Waals surface area (Å²) >= 11 is 2.73. The van der Waals surface area contributed by atoms with Crippen molar-refractivity contribution >= 4 is 15.9 Å². The SMILES string of the molecule is NCc1cc(C(F)F)c(F)c(Br)n1. The molecule has 0 fully saturated rings. The smallest absolute Gasteiger partial charge is 0.266 e. The van der Waals surface area contributed by atoms with Crippen LogP contribution in [-0.4, -0.2) is 4.98 Å². The maximum Gasteiger partial charge on any atom is 0.266 e. The van der Waals surface area contributed by atoms with Gasteiger partial charge in [-0.1, -0.05) is 0 Å². The molecule has 2 nitrogen and oxygen atoms in total. The Balaban J connectivity index is 3.25. The van der Waals surface area contributed by atoms with Crippen LogP contribution in [0, 0.1) is 5.82 Å². The third-order valence-corrected chi connectivity index (χ3v) is 1.97. The molecule has 0 atom stereocenters. The number of nitrogens with zero attached hydrogens (tertiary/aromatic N) is 1. The number of alkyl halides is 2. The summed E-state index contributed by atoms with van der Waals surface area (Å²) in [6.07, 6.45) is -2.86. The predicted octanol–water partition coefficient (Wildman–Crippen LogP) is 2.38. The Hall–Kier alpha value is -0.620. The van der Waals surface area contributed by atoms with Gasteiger partial charge in [0.2, 0.25) is 0 Å². The summed E-state index contributed by atoms with van der Waals surface area (Å²) in [7, 11) is 0. The Bertz CT molecular complexity index is 317. The fourth-order valence-corrected chi connectivity index (χ4v) is 1.29. The van der Waals surface area contributed by atoms with Crippen molar-refractivity contribution in [1.82, 2.24) is 4.98 Å². The highest BCUT2D eigenvalue weighted by Gasteiger charge is 2.17. The lowest BCUT2D eigenvalue weighted by molar-refractivity contribution is 0.145. The van der Waals surface area contributed by atoms with Gasteiger partial charge in [-0.25, -0.2) is 18.2 Å².